The van der Waals surface area contributed by atoms with E-state index in [-0.39, 0.29) is 12.1 Å². The van der Waals surface area contributed by atoms with Gasteiger partial charge in [0.2, 0.25) is 0 Å². The van der Waals surface area contributed by atoms with Crippen molar-refractivity contribution in [1.82, 2.24) is 9.13 Å². The molecule has 0 amide bonds. The van der Waals surface area contributed by atoms with E-state index in [4.69, 9.17) is 0 Å². The summed E-state index contributed by atoms with van der Waals surface area (Å²) in [5, 5.41) is 13.3. The number of rotatable bonds is 0. The second kappa shape index (κ2) is 8.86. The topological polar surface area (TPSA) is 9.86 Å². The molecule has 0 saturated carbocycles. The van der Waals surface area contributed by atoms with Crippen LogP contribution in [0.25, 0.3) is 87.3 Å². The van der Waals surface area contributed by atoms with E-state index in [0.29, 0.717) is 0 Å². The van der Waals surface area contributed by atoms with Crippen LogP contribution >= 0.6 is 0 Å². The molecule has 0 spiro atoms. The first-order valence-electron chi connectivity index (χ1n) is 17.9. The van der Waals surface area contributed by atoms with Gasteiger partial charge in [-0.2, -0.15) is 0 Å². The van der Waals surface area contributed by atoms with Crippen LogP contribution in [0.4, 0.5) is 0 Å². The van der Waals surface area contributed by atoms with E-state index >= 15 is 0 Å². The van der Waals surface area contributed by atoms with Crippen molar-refractivity contribution in [2.45, 2.75) is 33.1 Å². The molecule has 2 nitrogen and oxygen atoms in total. The molecule has 0 atom stereocenters. The molecule has 234 valence electrons. The molecule has 2 aromatic heterocycles. The molecule has 0 bridgehead atoms. The van der Waals surface area contributed by atoms with Crippen LogP contribution in [-0.2, 0) is 5.41 Å². The number of nitrogens with zero attached hydrogens (tertiary/aromatic N) is 2. The lowest BCUT2D eigenvalue weighted by Crippen LogP contribution is -2.59. The Hall–Kier alpha value is -5.80. The number of hydrogen-bond acceptors (Lipinski definition) is 0. The van der Waals surface area contributed by atoms with Gasteiger partial charge in [-0.1, -0.05) is 129 Å². The minimum atomic E-state index is 0.0496. The Morgan fingerprint density at radius 3 is 1.74 bits per heavy atom. The standard InChI is InChI=1S/C47H33BN2/c1-26-19-21-28-34-24-27(47(2,3)4)20-22-29(34)36-25-41-43-46(42(36)35(28)23-26)50-40-18-8-6-12-31(40)33-14-10-16-38(45(33)50)48(43)37-15-9-13-32-30-11-5-7-17-39(30)49(41)44(32)37/h5-25H,1-4H3. The summed E-state index contributed by atoms with van der Waals surface area (Å²) in [6, 6.07) is 49.0. The van der Waals surface area contributed by atoms with Crippen molar-refractivity contribution in [2.24, 2.45) is 0 Å². The third kappa shape index (κ3) is 3.09. The lowest BCUT2D eigenvalue weighted by atomic mass is 9.34. The summed E-state index contributed by atoms with van der Waals surface area (Å²) in [5.41, 5.74) is 14.8. The van der Waals surface area contributed by atoms with E-state index in [0.717, 1.165) is 0 Å². The van der Waals surface area contributed by atoms with Crippen molar-refractivity contribution in [3.8, 4) is 11.4 Å². The summed E-state index contributed by atoms with van der Waals surface area (Å²) in [7, 11) is 0. The highest BCUT2D eigenvalue weighted by Gasteiger charge is 2.42. The molecule has 0 fully saturated rings. The molecule has 0 N–H and O–H groups in total. The number of benzene rings is 8. The van der Waals surface area contributed by atoms with Crippen LogP contribution in [0, 0.1) is 6.92 Å². The fourth-order valence-electron chi connectivity index (χ4n) is 9.94. The van der Waals surface area contributed by atoms with Crippen LogP contribution in [0.15, 0.2) is 127 Å². The summed E-state index contributed by atoms with van der Waals surface area (Å²) in [6.45, 7) is 9.32. The first-order chi connectivity index (χ1) is 24.4. The maximum absolute atomic E-state index is 2.64. The number of hydrogen-bond donors (Lipinski definition) is 0. The van der Waals surface area contributed by atoms with Gasteiger partial charge < -0.3 is 9.13 Å². The van der Waals surface area contributed by atoms with E-state index in [1.807, 2.05) is 0 Å². The Labute approximate surface area is 290 Å². The van der Waals surface area contributed by atoms with Crippen molar-refractivity contribution in [3.63, 3.8) is 0 Å². The highest BCUT2D eigenvalue weighted by molar-refractivity contribution is 7.00. The van der Waals surface area contributed by atoms with E-state index in [9.17, 15) is 0 Å². The molecular formula is C47H33BN2. The van der Waals surface area contributed by atoms with E-state index in [1.54, 1.807) is 0 Å². The molecular weight excluding hydrogens is 603 g/mol. The first kappa shape index (κ1) is 27.1. The van der Waals surface area contributed by atoms with Crippen molar-refractivity contribution in [2.75, 3.05) is 0 Å². The predicted molar refractivity (Wildman–Crippen MR) is 216 cm³/mol. The SMILES string of the molecule is Cc1ccc2c3cc(C(C)(C)C)ccc3c3cc4c5c(c3c2c1)-n1c2ccccc2c2cccc(c21)B5c1cccc2c3ccccc3n-4c12. The van der Waals surface area contributed by atoms with Crippen molar-refractivity contribution >= 4 is 99.0 Å². The molecule has 8 aromatic carbocycles. The van der Waals surface area contributed by atoms with Crippen LogP contribution in [-0.4, -0.2) is 15.8 Å². The third-order valence-electron chi connectivity index (χ3n) is 12.1. The second-order valence-corrected chi connectivity index (χ2v) is 15.8. The minimum absolute atomic E-state index is 0.0496. The summed E-state index contributed by atoms with van der Waals surface area (Å²) in [4.78, 5) is 0. The maximum Gasteiger partial charge on any atom is 0.252 e. The van der Waals surface area contributed by atoms with Gasteiger partial charge in [0.25, 0.3) is 6.71 Å². The summed E-state index contributed by atoms with van der Waals surface area (Å²) >= 11 is 0. The van der Waals surface area contributed by atoms with Crippen LogP contribution in [0.1, 0.15) is 31.9 Å². The molecule has 0 aliphatic carbocycles. The Morgan fingerprint density at radius 1 is 0.480 bits per heavy atom. The average Bonchev–Trinajstić information content (AvgIpc) is 3.65. The maximum atomic E-state index is 2.64. The van der Waals surface area contributed by atoms with E-state index < -0.39 is 0 Å². The number of aryl methyl sites for hydroxylation is 1. The van der Waals surface area contributed by atoms with Crippen LogP contribution in [0.5, 0.6) is 0 Å². The third-order valence-corrected chi connectivity index (χ3v) is 12.1. The van der Waals surface area contributed by atoms with Crippen molar-refractivity contribution < 1.29 is 0 Å². The molecule has 2 aliphatic rings. The fourth-order valence-corrected chi connectivity index (χ4v) is 9.94. The fraction of sp³-hybridized carbons (Fsp3) is 0.106. The molecule has 4 heterocycles. The van der Waals surface area contributed by atoms with Gasteiger partial charge in [0, 0.05) is 43.7 Å². The van der Waals surface area contributed by atoms with Crippen LogP contribution < -0.4 is 16.4 Å². The lowest BCUT2D eigenvalue weighted by Gasteiger charge is -2.35. The molecule has 0 saturated heterocycles. The van der Waals surface area contributed by atoms with Gasteiger partial charge in [0.1, 0.15) is 0 Å². The Balaban J connectivity index is 1.42. The Morgan fingerprint density at radius 2 is 1.06 bits per heavy atom. The van der Waals surface area contributed by atoms with Gasteiger partial charge in [-0.25, -0.2) is 0 Å². The number of aromatic nitrogens is 2. The highest BCUT2D eigenvalue weighted by atomic mass is 15.0. The molecule has 2 aliphatic heterocycles. The second-order valence-electron chi connectivity index (χ2n) is 15.8. The Kier molecular flexibility index (Phi) is 4.80. The molecule has 0 radical (unpaired) electrons. The van der Waals surface area contributed by atoms with Gasteiger partial charge in [-0.15, -0.1) is 0 Å². The number of fused-ring (bicyclic) bond motifs is 17. The molecule has 12 rings (SSSR count). The van der Waals surface area contributed by atoms with Gasteiger partial charge in [0.05, 0.1) is 16.7 Å². The minimum Gasteiger partial charge on any atom is -0.310 e. The summed E-state index contributed by atoms with van der Waals surface area (Å²) in [6.07, 6.45) is 0. The molecule has 3 heteroatoms. The van der Waals surface area contributed by atoms with Crippen molar-refractivity contribution in [1.29, 1.82) is 0 Å². The summed E-state index contributed by atoms with van der Waals surface area (Å²) < 4.78 is 5.24. The zero-order valence-corrected chi connectivity index (χ0v) is 28.6. The lowest BCUT2D eigenvalue weighted by molar-refractivity contribution is 0.591. The Bertz CT molecular complexity index is 3200. The van der Waals surface area contributed by atoms with Gasteiger partial charge >= 0.3 is 0 Å². The van der Waals surface area contributed by atoms with Gasteiger partial charge in [-0.3, -0.25) is 0 Å². The van der Waals surface area contributed by atoms with Gasteiger partial charge in [0.15, 0.2) is 0 Å². The van der Waals surface area contributed by atoms with Crippen molar-refractivity contribution in [3.05, 3.63) is 139 Å². The zero-order chi connectivity index (χ0) is 33.2. The molecule has 10 aromatic rings. The van der Waals surface area contributed by atoms with E-state index in [1.165, 1.54) is 115 Å². The van der Waals surface area contributed by atoms with Gasteiger partial charge in [-0.05, 0) is 85.5 Å². The predicted octanol–water partition coefficient (Wildman–Crippen LogP) is 10.1. The normalized spacial score (nSPS) is 13.6. The van der Waals surface area contributed by atoms with Crippen LogP contribution in [0.3, 0.4) is 0 Å². The number of para-hydroxylation sites is 4. The largest absolute Gasteiger partial charge is 0.310 e. The smallest absolute Gasteiger partial charge is 0.252 e. The quantitative estimate of drug-likeness (QED) is 0.116. The first-order valence-corrected chi connectivity index (χ1v) is 17.9. The van der Waals surface area contributed by atoms with Crippen LogP contribution in [0.2, 0.25) is 0 Å². The zero-order valence-electron chi connectivity index (χ0n) is 28.6. The molecule has 50 heavy (non-hydrogen) atoms. The highest BCUT2D eigenvalue weighted by Crippen LogP contribution is 2.46. The monoisotopic (exact) mass is 636 g/mol. The molecule has 0 unspecified atom stereocenters. The summed E-state index contributed by atoms with van der Waals surface area (Å²) in [5.74, 6) is 0. The van der Waals surface area contributed by atoms with E-state index in [2.05, 4.69) is 164 Å². The average molecular weight is 637 g/mol.